The summed E-state index contributed by atoms with van der Waals surface area (Å²) in [5.74, 6) is -0.622. The summed E-state index contributed by atoms with van der Waals surface area (Å²) in [5, 5.41) is 0. The number of nitrogens with two attached hydrogens (primary N) is 2. The van der Waals surface area contributed by atoms with Crippen molar-refractivity contribution in [2.45, 2.75) is 0 Å². The minimum atomic E-state index is -0.622. The van der Waals surface area contributed by atoms with Gasteiger partial charge >= 0.3 is 0 Å². The molecule has 0 saturated heterocycles. The molecule has 0 fully saturated rings. The number of pyridine rings is 1. The zero-order chi connectivity index (χ0) is 9.14. The molecule has 4 heteroatoms. The van der Waals surface area contributed by atoms with Crippen molar-refractivity contribution in [2.24, 2.45) is 5.73 Å². The summed E-state index contributed by atoms with van der Waals surface area (Å²) in [7, 11) is 0. The molecule has 4 N–H and O–H groups in total. The lowest BCUT2D eigenvalue weighted by atomic mass is 10.2. The van der Waals surface area contributed by atoms with Crippen LogP contribution in [-0.2, 0) is 0 Å². The zero-order valence-corrected chi connectivity index (χ0v) is 6.45. The van der Waals surface area contributed by atoms with Crippen LogP contribution in [0.2, 0.25) is 0 Å². The summed E-state index contributed by atoms with van der Waals surface area (Å²) in [6.07, 6.45) is 3.08. The van der Waals surface area contributed by atoms with Gasteiger partial charge < -0.3 is 11.5 Å². The Hall–Kier alpha value is -1.84. The zero-order valence-electron chi connectivity index (χ0n) is 6.45. The van der Waals surface area contributed by atoms with Crippen LogP contribution in [0.3, 0.4) is 0 Å². The Morgan fingerprint density at radius 2 is 2.33 bits per heavy atom. The quantitative estimate of drug-likeness (QED) is 0.662. The number of carbonyl (C=O) groups is 1. The van der Waals surface area contributed by atoms with E-state index in [0.717, 1.165) is 5.56 Å². The lowest BCUT2D eigenvalue weighted by Gasteiger charge is -2.00. The number of nitrogen functional groups attached to an aromatic ring is 1. The maximum atomic E-state index is 10.7. The van der Waals surface area contributed by atoms with Crippen molar-refractivity contribution in [1.82, 2.24) is 4.98 Å². The molecule has 1 heterocycles. The number of rotatable bonds is 2. The third kappa shape index (κ3) is 1.42. The fourth-order valence-corrected chi connectivity index (χ4v) is 0.816. The van der Waals surface area contributed by atoms with Crippen LogP contribution in [0.5, 0.6) is 0 Å². The molecule has 62 valence electrons. The summed E-state index contributed by atoms with van der Waals surface area (Å²) in [6, 6.07) is 1.60. The average molecular weight is 163 g/mol. The van der Waals surface area contributed by atoms with Crippen LogP contribution in [0.15, 0.2) is 18.8 Å². The molecule has 0 aromatic carbocycles. The van der Waals surface area contributed by atoms with Gasteiger partial charge in [0.15, 0.2) is 5.69 Å². The highest BCUT2D eigenvalue weighted by atomic mass is 16.1. The molecule has 0 radical (unpaired) electrons. The molecule has 0 aliphatic carbocycles. The summed E-state index contributed by atoms with van der Waals surface area (Å²) >= 11 is 0. The molecule has 4 nitrogen and oxygen atoms in total. The van der Waals surface area contributed by atoms with Gasteiger partial charge in [-0.3, -0.25) is 4.79 Å². The van der Waals surface area contributed by atoms with Crippen LogP contribution in [0.1, 0.15) is 16.1 Å². The monoisotopic (exact) mass is 163 g/mol. The third-order valence-corrected chi connectivity index (χ3v) is 1.41. The molecule has 0 atom stereocenters. The fraction of sp³-hybridized carbons (Fsp3) is 0. The Bertz CT molecular complexity index is 333. The number of carbonyl (C=O) groups excluding carboxylic acids is 1. The molecule has 0 aliphatic rings. The van der Waals surface area contributed by atoms with Gasteiger partial charge in [-0.1, -0.05) is 12.7 Å². The lowest BCUT2D eigenvalue weighted by molar-refractivity contribution is 0.0996. The normalized spacial score (nSPS) is 9.33. The first kappa shape index (κ1) is 8.26. The van der Waals surface area contributed by atoms with E-state index >= 15 is 0 Å². The topological polar surface area (TPSA) is 82.0 Å². The predicted octanol–water partition coefficient (Wildman–Crippen LogP) is 0.406. The Balaban J connectivity index is 3.20. The Kier molecular flexibility index (Phi) is 2.09. The summed E-state index contributed by atoms with van der Waals surface area (Å²) in [6.45, 7) is 3.53. The number of nitrogens with zero attached hydrogens (tertiary/aromatic N) is 1. The summed E-state index contributed by atoms with van der Waals surface area (Å²) < 4.78 is 0. The first-order valence-corrected chi connectivity index (χ1v) is 3.33. The molecule has 1 amide bonds. The van der Waals surface area contributed by atoms with Gasteiger partial charge in [-0.2, -0.15) is 0 Å². The highest BCUT2D eigenvalue weighted by molar-refractivity contribution is 5.96. The van der Waals surface area contributed by atoms with E-state index in [4.69, 9.17) is 11.5 Å². The number of primary amides is 1. The van der Waals surface area contributed by atoms with Gasteiger partial charge in [0.2, 0.25) is 0 Å². The van der Waals surface area contributed by atoms with Gasteiger partial charge in [0.1, 0.15) is 0 Å². The van der Waals surface area contributed by atoms with Crippen molar-refractivity contribution in [1.29, 1.82) is 0 Å². The second-order valence-electron chi connectivity index (χ2n) is 2.27. The van der Waals surface area contributed by atoms with E-state index in [1.165, 1.54) is 6.20 Å². The van der Waals surface area contributed by atoms with Crippen LogP contribution < -0.4 is 11.5 Å². The Morgan fingerprint density at radius 1 is 1.67 bits per heavy atom. The van der Waals surface area contributed by atoms with E-state index in [2.05, 4.69) is 11.6 Å². The number of anilines is 1. The van der Waals surface area contributed by atoms with Crippen LogP contribution in [0.4, 0.5) is 5.69 Å². The smallest absolute Gasteiger partial charge is 0.269 e. The third-order valence-electron chi connectivity index (χ3n) is 1.41. The first-order valence-electron chi connectivity index (χ1n) is 3.33. The van der Waals surface area contributed by atoms with Crippen LogP contribution in [0, 0.1) is 0 Å². The van der Waals surface area contributed by atoms with Gasteiger partial charge in [0.25, 0.3) is 5.91 Å². The minimum Gasteiger partial charge on any atom is -0.397 e. The van der Waals surface area contributed by atoms with E-state index in [1.54, 1.807) is 12.1 Å². The SMILES string of the molecule is C=Cc1cnc(C(N)=O)c(N)c1. The molecule has 0 aliphatic heterocycles. The van der Waals surface area contributed by atoms with Crippen LogP contribution in [-0.4, -0.2) is 10.9 Å². The summed E-state index contributed by atoms with van der Waals surface area (Å²) in [4.78, 5) is 14.5. The highest BCUT2D eigenvalue weighted by Gasteiger charge is 2.06. The molecule has 0 spiro atoms. The Morgan fingerprint density at radius 3 is 2.75 bits per heavy atom. The van der Waals surface area contributed by atoms with Crippen molar-refractivity contribution in [3.63, 3.8) is 0 Å². The molecule has 1 aromatic heterocycles. The van der Waals surface area contributed by atoms with Gasteiger partial charge in [0.05, 0.1) is 5.69 Å². The van der Waals surface area contributed by atoms with E-state index in [-0.39, 0.29) is 11.4 Å². The molecule has 0 saturated carbocycles. The molecular formula is C8H9N3O. The number of hydrogen-bond acceptors (Lipinski definition) is 3. The minimum absolute atomic E-state index is 0.0978. The molecule has 12 heavy (non-hydrogen) atoms. The molecule has 0 unspecified atom stereocenters. The second kappa shape index (κ2) is 3.04. The van der Waals surface area contributed by atoms with E-state index in [0.29, 0.717) is 0 Å². The van der Waals surface area contributed by atoms with Crippen molar-refractivity contribution in [3.8, 4) is 0 Å². The molecule has 0 bridgehead atoms. The maximum absolute atomic E-state index is 10.7. The Labute approximate surface area is 69.9 Å². The number of amides is 1. The van der Waals surface area contributed by atoms with Crippen molar-refractivity contribution in [2.75, 3.05) is 5.73 Å². The van der Waals surface area contributed by atoms with E-state index < -0.39 is 5.91 Å². The first-order chi connectivity index (χ1) is 5.65. The fourth-order valence-electron chi connectivity index (χ4n) is 0.816. The number of aromatic nitrogens is 1. The molecular weight excluding hydrogens is 154 g/mol. The van der Waals surface area contributed by atoms with Gasteiger partial charge in [-0.05, 0) is 11.6 Å². The predicted molar refractivity (Wildman–Crippen MR) is 47.3 cm³/mol. The molecule has 1 rings (SSSR count). The molecule has 1 aromatic rings. The van der Waals surface area contributed by atoms with Gasteiger partial charge in [0, 0.05) is 6.20 Å². The summed E-state index contributed by atoms with van der Waals surface area (Å²) in [5.41, 5.74) is 11.6. The van der Waals surface area contributed by atoms with Crippen LogP contribution >= 0.6 is 0 Å². The van der Waals surface area contributed by atoms with Crippen molar-refractivity contribution < 1.29 is 4.79 Å². The standard InChI is InChI=1S/C8H9N3O/c1-2-5-3-6(9)7(8(10)12)11-4-5/h2-4H,1,9H2,(H2,10,12). The maximum Gasteiger partial charge on any atom is 0.269 e. The van der Waals surface area contributed by atoms with Gasteiger partial charge in [-0.25, -0.2) is 4.98 Å². The average Bonchev–Trinajstić information content (AvgIpc) is 2.03. The second-order valence-corrected chi connectivity index (χ2v) is 2.27. The number of hydrogen-bond donors (Lipinski definition) is 2. The van der Waals surface area contributed by atoms with Crippen molar-refractivity contribution in [3.05, 3.63) is 30.1 Å². The van der Waals surface area contributed by atoms with Gasteiger partial charge in [-0.15, -0.1) is 0 Å². The van der Waals surface area contributed by atoms with Crippen molar-refractivity contribution >= 4 is 17.7 Å². The van der Waals surface area contributed by atoms with Crippen LogP contribution in [0.25, 0.3) is 6.08 Å². The van der Waals surface area contributed by atoms with E-state index in [1.807, 2.05) is 0 Å². The largest absolute Gasteiger partial charge is 0.397 e. The van der Waals surface area contributed by atoms with E-state index in [9.17, 15) is 4.79 Å². The highest BCUT2D eigenvalue weighted by Crippen LogP contribution is 2.10. The lowest BCUT2D eigenvalue weighted by Crippen LogP contribution is -2.15.